The Morgan fingerprint density at radius 2 is 1.71 bits per heavy atom. The summed E-state index contributed by atoms with van der Waals surface area (Å²) in [6.07, 6.45) is 0. The van der Waals surface area contributed by atoms with Gasteiger partial charge in [-0.2, -0.15) is 12.8 Å². The molecule has 3 rings (SSSR count). The van der Waals surface area contributed by atoms with Gasteiger partial charge in [-0.3, -0.25) is 0 Å². The fraction of sp³-hybridized carbons (Fsp3) is 0. The Morgan fingerprint density at radius 1 is 1.05 bits per heavy atom. The van der Waals surface area contributed by atoms with Crippen LogP contribution in [0.15, 0.2) is 62.7 Å². The summed E-state index contributed by atoms with van der Waals surface area (Å²) in [5, 5.41) is 9.25. The Morgan fingerprint density at radius 3 is 2.38 bits per heavy atom. The van der Waals surface area contributed by atoms with Crippen LogP contribution >= 0.6 is 11.8 Å². The van der Waals surface area contributed by atoms with E-state index in [0.29, 0.717) is 10.6 Å². The van der Waals surface area contributed by atoms with Crippen LogP contribution in [0.5, 0.6) is 0 Å². The Kier molecular flexibility index (Phi) is 3.30. The molecule has 0 aromatic heterocycles. The first-order valence-corrected chi connectivity index (χ1v) is 8.18. The average molecular weight is 319 g/mol. The van der Waals surface area contributed by atoms with Crippen LogP contribution < -0.4 is 0 Å². The Balaban J connectivity index is 1.94. The zero-order valence-corrected chi connectivity index (χ0v) is 12.2. The molecule has 0 spiro atoms. The molecule has 5 nitrogen and oxygen atoms in total. The highest BCUT2D eigenvalue weighted by atomic mass is 32.2. The fourth-order valence-corrected chi connectivity index (χ4v) is 4.33. The second kappa shape index (κ2) is 5.01. The molecule has 106 valence electrons. The minimum Gasteiger partial charge on any atom is -0.478 e. The first-order chi connectivity index (χ1) is 9.97. The highest BCUT2D eigenvalue weighted by molar-refractivity contribution is 8.15. The van der Waals surface area contributed by atoms with Gasteiger partial charge in [0.05, 0.1) is 10.5 Å². The minimum absolute atomic E-state index is 0.181. The van der Waals surface area contributed by atoms with Gasteiger partial charge in [0.2, 0.25) is 0 Å². The molecule has 0 saturated carbocycles. The number of thioether (sulfide) groups is 1. The van der Waals surface area contributed by atoms with Gasteiger partial charge in [0.15, 0.2) is 0 Å². The number of fused-ring (bicyclic) bond motifs is 1. The van der Waals surface area contributed by atoms with E-state index in [1.165, 1.54) is 30.0 Å². The molecule has 7 heteroatoms. The normalized spacial score (nSPS) is 15.3. The molecule has 2 aromatic carbocycles. The lowest BCUT2D eigenvalue weighted by atomic mass is 10.2. The predicted octanol–water partition coefficient (Wildman–Crippen LogP) is 2.63. The van der Waals surface area contributed by atoms with Gasteiger partial charge >= 0.3 is 5.97 Å². The number of rotatable bonds is 2. The fourth-order valence-electron chi connectivity index (χ4n) is 1.93. The smallest absolute Gasteiger partial charge is 0.335 e. The van der Waals surface area contributed by atoms with Crippen molar-refractivity contribution in [3.05, 3.63) is 59.7 Å². The molecular weight excluding hydrogens is 310 g/mol. The largest absolute Gasteiger partial charge is 0.478 e. The van der Waals surface area contributed by atoms with Crippen molar-refractivity contribution in [2.75, 3.05) is 0 Å². The summed E-state index contributed by atoms with van der Waals surface area (Å²) in [5.41, 5.74) is 0.755. The second-order valence-corrected chi connectivity index (χ2v) is 6.93. The molecule has 1 N–H and O–H groups in total. The van der Waals surface area contributed by atoms with E-state index >= 15 is 0 Å². The third-order valence-electron chi connectivity index (χ3n) is 2.91. The molecule has 1 aliphatic heterocycles. The first-order valence-electron chi connectivity index (χ1n) is 5.93. The van der Waals surface area contributed by atoms with E-state index in [1.54, 1.807) is 30.3 Å². The molecule has 1 aliphatic rings. The van der Waals surface area contributed by atoms with Crippen molar-refractivity contribution in [3.63, 3.8) is 0 Å². The van der Waals surface area contributed by atoms with Crippen LogP contribution in [0.3, 0.4) is 0 Å². The maximum absolute atomic E-state index is 11.9. The van der Waals surface area contributed by atoms with Crippen molar-refractivity contribution in [2.45, 2.75) is 9.79 Å². The second-order valence-electron chi connectivity index (χ2n) is 4.30. The summed E-state index contributed by atoms with van der Waals surface area (Å²) in [6.45, 7) is 0. The molecule has 0 saturated heterocycles. The van der Waals surface area contributed by atoms with E-state index in [-0.39, 0.29) is 10.5 Å². The molecule has 0 bridgehead atoms. The van der Waals surface area contributed by atoms with E-state index in [4.69, 9.17) is 5.11 Å². The molecule has 1 heterocycles. The summed E-state index contributed by atoms with van der Waals surface area (Å²) >= 11 is 1.19. The van der Waals surface area contributed by atoms with Crippen LogP contribution in [-0.2, 0) is 10.0 Å². The number of nitrogens with zero attached hydrogens (tertiary/aromatic N) is 1. The van der Waals surface area contributed by atoms with Crippen LogP contribution in [0.2, 0.25) is 0 Å². The summed E-state index contributed by atoms with van der Waals surface area (Å²) in [4.78, 5) is 11.7. The van der Waals surface area contributed by atoms with Crippen molar-refractivity contribution in [1.29, 1.82) is 0 Å². The van der Waals surface area contributed by atoms with Crippen molar-refractivity contribution >= 4 is 32.8 Å². The Hall–Kier alpha value is -2.12. The standard InChI is InChI=1S/C14H9NO4S2/c16-14(17)9-5-7-10(8-6-9)20-13-11-3-1-2-4-12(11)21(18,19)15-13/h1-8H,(H,16,17). The molecule has 0 aliphatic carbocycles. The quantitative estimate of drug-likeness (QED) is 0.920. The van der Waals surface area contributed by atoms with E-state index in [2.05, 4.69) is 4.40 Å². The molecule has 0 unspecified atom stereocenters. The van der Waals surface area contributed by atoms with Crippen molar-refractivity contribution < 1.29 is 18.3 Å². The number of carboxylic acid groups (broad SMARTS) is 1. The number of aromatic carboxylic acids is 1. The van der Waals surface area contributed by atoms with Gasteiger partial charge in [-0.15, -0.1) is 0 Å². The van der Waals surface area contributed by atoms with E-state index < -0.39 is 16.0 Å². The summed E-state index contributed by atoms with van der Waals surface area (Å²) in [5.74, 6) is -1.00. The highest BCUT2D eigenvalue weighted by Crippen LogP contribution is 2.34. The molecular formula is C14H9NO4S2. The van der Waals surface area contributed by atoms with Crippen LogP contribution in [0.4, 0.5) is 0 Å². The summed E-state index contributed by atoms with van der Waals surface area (Å²) in [6, 6.07) is 12.8. The third-order valence-corrected chi connectivity index (χ3v) is 5.38. The monoisotopic (exact) mass is 319 g/mol. The Labute approximate surface area is 125 Å². The average Bonchev–Trinajstić information content (AvgIpc) is 2.71. The predicted molar refractivity (Wildman–Crippen MR) is 79.4 cm³/mol. The number of carbonyl (C=O) groups is 1. The van der Waals surface area contributed by atoms with E-state index in [0.717, 1.165) is 4.90 Å². The van der Waals surface area contributed by atoms with Crippen LogP contribution in [-0.4, -0.2) is 24.5 Å². The van der Waals surface area contributed by atoms with Crippen molar-refractivity contribution in [3.8, 4) is 0 Å². The lowest BCUT2D eigenvalue weighted by Crippen LogP contribution is -1.96. The number of benzene rings is 2. The van der Waals surface area contributed by atoms with Gasteiger partial charge in [-0.25, -0.2) is 4.79 Å². The van der Waals surface area contributed by atoms with Crippen molar-refractivity contribution in [2.24, 2.45) is 4.40 Å². The summed E-state index contributed by atoms with van der Waals surface area (Å²) in [7, 11) is -3.62. The van der Waals surface area contributed by atoms with Gasteiger partial charge < -0.3 is 5.11 Å². The number of carboxylic acids is 1. The Bertz CT molecular complexity index is 855. The molecule has 0 atom stereocenters. The van der Waals surface area contributed by atoms with Crippen LogP contribution in [0.1, 0.15) is 15.9 Å². The minimum atomic E-state index is -3.62. The van der Waals surface area contributed by atoms with Crippen LogP contribution in [0.25, 0.3) is 0 Å². The lowest BCUT2D eigenvalue weighted by molar-refractivity contribution is 0.0697. The molecule has 0 radical (unpaired) electrons. The number of sulfonamides is 1. The van der Waals surface area contributed by atoms with Crippen molar-refractivity contribution in [1.82, 2.24) is 0 Å². The first kappa shape index (κ1) is 13.8. The third kappa shape index (κ3) is 2.57. The molecule has 2 aromatic rings. The highest BCUT2D eigenvalue weighted by Gasteiger charge is 2.28. The molecule has 0 amide bonds. The van der Waals surface area contributed by atoms with Gasteiger partial charge in [0, 0.05) is 10.5 Å². The number of hydrogen-bond acceptors (Lipinski definition) is 4. The van der Waals surface area contributed by atoms with Gasteiger partial charge in [0.25, 0.3) is 10.0 Å². The van der Waals surface area contributed by atoms with Gasteiger partial charge in [-0.05, 0) is 30.3 Å². The lowest BCUT2D eigenvalue weighted by Gasteiger charge is -2.02. The zero-order valence-electron chi connectivity index (χ0n) is 10.6. The SMILES string of the molecule is O=C(O)c1ccc(SC2=NS(=O)(=O)c3ccccc32)cc1. The zero-order chi connectivity index (χ0) is 15.0. The number of hydrogen-bond donors (Lipinski definition) is 1. The van der Waals surface area contributed by atoms with E-state index in [9.17, 15) is 13.2 Å². The topological polar surface area (TPSA) is 83.8 Å². The molecule has 21 heavy (non-hydrogen) atoms. The molecule has 0 fully saturated rings. The maximum atomic E-state index is 11.9. The maximum Gasteiger partial charge on any atom is 0.335 e. The van der Waals surface area contributed by atoms with E-state index in [1.807, 2.05) is 0 Å². The van der Waals surface area contributed by atoms with Gasteiger partial charge in [0.1, 0.15) is 5.04 Å². The van der Waals surface area contributed by atoms with Gasteiger partial charge in [-0.1, -0.05) is 30.0 Å². The summed E-state index contributed by atoms with van der Waals surface area (Å²) < 4.78 is 27.6. The van der Waals surface area contributed by atoms with Crippen LogP contribution in [0, 0.1) is 0 Å².